The van der Waals surface area contributed by atoms with Gasteiger partial charge in [-0.25, -0.2) is 9.67 Å². The Morgan fingerprint density at radius 3 is 2.55 bits per heavy atom. The lowest BCUT2D eigenvalue weighted by molar-refractivity contribution is -0.116. The second-order valence-electron chi connectivity index (χ2n) is 6.56. The Labute approximate surface area is 178 Å². The van der Waals surface area contributed by atoms with Gasteiger partial charge in [-0.3, -0.25) is 9.59 Å². The van der Waals surface area contributed by atoms with Gasteiger partial charge in [-0.2, -0.15) is 5.10 Å². The Morgan fingerprint density at radius 1 is 1.14 bits per heavy atom. The third-order valence-electron chi connectivity index (χ3n) is 4.10. The molecule has 7 nitrogen and oxygen atoms in total. The predicted molar refractivity (Wildman–Crippen MR) is 113 cm³/mol. The highest BCUT2D eigenvalue weighted by atomic mass is 35.5. The number of halogens is 2. The van der Waals surface area contributed by atoms with Gasteiger partial charge < -0.3 is 10.2 Å². The number of likely N-dealkylation sites (N-methyl/N-ethyl adjacent to an activating group) is 1. The van der Waals surface area contributed by atoms with Crippen LogP contribution < -0.4 is 5.32 Å². The van der Waals surface area contributed by atoms with Gasteiger partial charge in [-0.05, 0) is 50.2 Å². The first-order valence-electron chi connectivity index (χ1n) is 8.75. The van der Waals surface area contributed by atoms with Crippen molar-refractivity contribution in [3.63, 3.8) is 0 Å². The second kappa shape index (κ2) is 8.63. The fraction of sp³-hybridized carbons (Fsp3) is 0.200. The molecule has 0 bridgehead atoms. The van der Waals surface area contributed by atoms with Crippen molar-refractivity contribution in [3.05, 3.63) is 69.6 Å². The fourth-order valence-corrected chi connectivity index (χ4v) is 3.17. The van der Waals surface area contributed by atoms with Gasteiger partial charge in [-0.1, -0.05) is 29.3 Å². The number of nitrogens with one attached hydrogen (secondary N) is 1. The van der Waals surface area contributed by atoms with Gasteiger partial charge in [0.1, 0.15) is 5.69 Å². The van der Waals surface area contributed by atoms with Gasteiger partial charge >= 0.3 is 0 Å². The van der Waals surface area contributed by atoms with E-state index < -0.39 is 5.91 Å². The molecule has 0 unspecified atom stereocenters. The van der Waals surface area contributed by atoms with Crippen molar-refractivity contribution in [2.24, 2.45) is 0 Å². The van der Waals surface area contributed by atoms with Crippen LogP contribution >= 0.6 is 23.2 Å². The lowest BCUT2D eigenvalue weighted by atomic mass is 10.3. The van der Waals surface area contributed by atoms with E-state index in [0.717, 1.165) is 11.4 Å². The number of hydrogen-bond acceptors (Lipinski definition) is 4. The van der Waals surface area contributed by atoms with Gasteiger partial charge in [0.15, 0.2) is 5.82 Å². The van der Waals surface area contributed by atoms with E-state index in [-0.39, 0.29) is 23.2 Å². The van der Waals surface area contributed by atoms with Crippen molar-refractivity contribution in [1.29, 1.82) is 0 Å². The van der Waals surface area contributed by atoms with Crippen LogP contribution in [-0.4, -0.2) is 45.1 Å². The Hall–Kier alpha value is -2.90. The molecule has 0 radical (unpaired) electrons. The number of rotatable bonds is 5. The number of pyridine rings is 1. The molecule has 3 aromatic rings. The SMILES string of the molecule is Cc1cc(C)n(-c2ccc(Cl)c(C(=O)N(C)CC(=O)Nc3cccc(Cl)c3)n2)n1. The molecule has 0 saturated carbocycles. The highest BCUT2D eigenvalue weighted by Gasteiger charge is 2.21. The summed E-state index contributed by atoms with van der Waals surface area (Å²) < 4.78 is 1.63. The Bertz CT molecular complexity index is 1080. The van der Waals surface area contributed by atoms with E-state index in [1.54, 1.807) is 41.1 Å². The Morgan fingerprint density at radius 2 is 1.90 bits per heavy atom. The van der Waals surface area contributed by atoms with Crippen LogP contribution in [0, 0.1) is 13.8 Å². The molecule has 0 aliphatic rings. The van der Waals surface area contributed by atoms with Crippen molar-refractivity contribution in [1.82, 2.24) is 19.7 Å². The van der Waals surface area contributed by atoms with E-state index in [0.29, 0.717) is 16.5 Å². The summed E-state index contributed by atoms with van der Waals surface area (Å²) in [4.78, 5) is 30.7. The molecule has 0 fully saturated rings. The number of aromatic nitrogens is 3. The molecule has 9 heteroatoms. The minimum atomic E-state index is -0.473. The molecule has 1 aromatic carbocycles. The van der Waals surface area contributed by atoms with Gasteiger partial charge in [-0.15, -0.1) is 0 Å². The van der Waals surface area contributed by atoms with Gasteiger partial charge in [0.25, 0.3) is 5.91 Å². The van der Waals surface area contributed by atoms with Crippen LogP contribution in [0.1, 0.15) is 21.9 Å². The lowest BCUT2D eigenvalue weighted by Crippen LogP contribution is -2.35. The minimum Gasteiger partial charge on any atom is -0.331 e. The third kappa shape index (κ3) is 4.93. The third-order valence-corrected chi connectivity index (χ3v) is 4.64. The van der Waals surface area contributed by atoms with E-state index in [1.165, 1.54) is 11.9 Å². The van der Waals surface area contributed by atoms with E-state index in [1.807, 2.05) is 19.9 Å². The Kier molecular flexibility index (Phi) is 6.20. The quantitative estimate of drug-likeness (QED) is 0.663. The van der Waals surface area contributed by atoms with E-state index in [4.69, 9.17) is 23.2 Å². The fourth-order valence-electron chi connectivity index (χ4n) is 2.80. The summed E-state index contributed by atoms with van der Waals surface area (Å²) in [6.45, 7) is 3.59. The van der Waals surface area contributed by atoms with E-state index >= 15 is 0 Å². The van der Waals surface area contributed by atoms with Crippen molar-refractivity contribution in [2.45, 2.75) is 13.8 Å². The van der Waals surface area contributed by atoms with Crippen molar-refractivity contribution in [3.8, 4) is 5.82 Å². The highest BCUT2D eigenvalue weighted by molar-refractivity contribution is 6.33. The number of aryl methyl sites for hydroxylation is 2. The van der Waals surface area contributed by atoms with Crippen LogP contribution in [0.3, 0.4) is 0 Å². The molecule has 150 valence electrons. The minimum absolute atomic E-state index is 0.0507. The zero-order valence-corrected chi connectivity index (χ0v) is 17.6. The maximum atomic E-state index is 12.8. The maximum absolute atomic E-state index is 12.8. The number of benzene rings is 1. The lowest BCUT2D eigenvalue weighted by Gasteiger charge is -2.17. The number of nitrogens with zero attached hydrogens (tertiary/aromatic N) is 4. The average Bonchev–Trinajstić information content (AvgIpc) is 2.99. The zero-order chi connectivity index (χ0) is 21.1. The summed E-state index contributed by atoms with van der Waals surface area (Å²) in [5, 5.41) is 7.77. The predicted octanol–water partition coefficient (Wildman–Crippen LogP) is 3.90. The summed E-state index contributed by atoms with van der Waals surface area (Å²) in [7, 11) is 1.51. The molecule has 0 aliphatic carbocycles. The smallest absolute Gasteiger partial charge is 0.274 e. The topological polar surface area (TPSA) is 80.1 Å². The summed E-state index contributed by atoms with van der Waals surface area (Å²) in [6, 6.07) is 11.9. The van der Waals surface area contributed by atoms with Crippen molar-refractivity contribution in [2.75, 3.05) is 18.9 Å². The second-order valence-corrected chi connectivity index (χ2v) is 7.40. The van der Waals surface area contributed by atoms with Crippen LogP contribution in [0.5, 0.6) is 0 Å². The molecule has 2 amide bonds. The largest absolute Gasteiger partial charge is 0.331 e. The normalized spacial score (nSPS) is 10.7. The summed E-state index contributed by atoms with van der Waals surface area (Å²) in [6.07, 6.45) is 0. The van der Waals surface area contributed by atoms with Crippen LogP contribution in [-0.2, 0) is 4.79 Å². The molecule has 0 atom stereocenters. The molecular weight excluding hydrogens is 413 g/mol. The average molecular weight is 432 g/mol. The van der Waals surface area contributed by atoms with Crippen LogP contribution in [0.4, 0.5) is 5.69 Å². The Balaban J connectivity index is 1.76. The first-order chi connectivity index (χ1) is 13.7. The molecule has 2 aromatic heterocycles. The molecule has 0 spiro atoms. The molecule has 1 N–H and O–H groups in total. The standard InChI is InChI=1S/C20H19Cl2N5O2/c1-12-9-13(2)27(25-12)17-8-7-16(22)19(24-17)20(29)26(3)11-18(28)23-15-6-4-5-14(21)10-15/h4-10H,11H2,1-3H3,(H,23,28). The number of carbonyl (C=O) groups is 2. The van der Waals surface area contributed by atoms with Gasteiger partial charge in [0.2, 0.25) is 5.91 Å². The molecule has 3 rings (SSSR count). The molecular formula is C20H19Cl2N5O2. The van der Waals surface area contributed by atoms with Crippen molar-refractivity contribution < 1.29 is 9.59 Å². The summed E-state index contributed by atoms with van der Waals surface area (Å²) in [5.41, 5.74) is 2.31. The number of anilines is 1. The van der Waals surface area contributed by atoms with Gasteiger partial charge in [0.05, 0.1) is 17.3 Å². The van der Waals surface area contributed by atoms with Crippen LogP contribution in [0.15, 0.2) is 42.5 Å². The van der Waals surface area contributed by atoms with Gasteiger partial charge in [0, 0.05) is 23.5 Å². The van der Waals surface area contributed by atoms with Crippen LogP contribution in [0.2, 0.25) is 10.0 Å². The molecule has 0 saturated heterocycles. The van der Waals surface area contributed by atoms with Crippen molar-refractivity contribution >= 4 is 40.7 Å². The zero-order valence-electron chi connectivity index (χ0n) is 16.1. The first-order valence-corrected chi connectivity index (χ1v) is 9.51. The highest BCUT2D eigenvalue weighted by Crippen LogP contribution is 2.19. The summed E-state index contributed by atoms with van der Waals surface area (Å²) in [5.74, 6) is -0.367. The number of hydrogen-bond donors (Lipinski definition) is 1. The number of carbonyl (C=O) groups excluding carboxylic acids is 2. The molecule has 0 aliphatic heterocycles. The molecule has 29 heavy (non-hydrogen) atoms. The monoisotopic (exact) mass is 431 g/mol. The summed E-state index contributed by atoms with van der Waals surface area (Å²) >= 11 is 12.1. The van der Waals surface area contributed by atoms with E-state index in [2.05, 4.69) is 15.4 Å². The number of amides is 2. The van der Waals surface area contributed by atoms with Crippen LogP contribution in [0.25, 0.3) is 5.82 Å². The van der Waals surface area contributed by atoms with E-state index in [9.17, 15) is 9.59 Å². The maximum Gasteiger partial charge on any atom is 0.274 e. The molecule has 2 heterocycles. The first kappa shape index (κ1) is 20.8.